The molecule has 0 fully saturated rings. The Morgan fingerprint density at radius 1 is 1.18 bits per heavy atom. The van der Waals surface area contributed by atoms with E-state index in [1.165, 1.54) is 36.6 Å². The molecule has 1 N–H and O–H groups in total. The largest absolute Gasteiger partial charge is 0.755 e. The number of thiazole rings is 1. The molecule has 0 saturated carbocycles. The van der Waals surface area contributed by atoms with Gasteiger partial charge in [-0.05, 0) is 53.8 Å². The van der Waals surface area contributed by atoms with Gasteiger partial charge in [-0.25, -0.2) is 14.1 Å². The van der Waals surface area contributed by atoms with Gasteiger partial charge < -0.3 is 19.1 Å². The molecule has 172 valence electrons. The molecule has 8 nitrogen and oxygen atoms in total. The summed E-state index contributed by atoms with van der Waals surface area (Å²) in [6.45, 7) is 4.12. The maximum atomic E-state index is 12.0. The van der Waals surface area contributed by atoms with Crippen LogP contribution in [0.15, 0.2) is 41.8 Å². The molecule has 0 aliphatic heterocycles. The molecule has 0 aliphatic rings. The van der Waals surface area contributed by atoms with E-state index in [0.717, 1.165) is 21.2 Å². The summed E-state index contributed by atoms with van der Waals surface area (Å²) >= 11 is -1.54. The topological polar surface area (TPSA) is 112 Å². The fourth-order valence-electron chi connectivity index (χ4n) is 3.05. The van der Waals surface area contributed by atoms with Crippen LogP contribution in [0.5, 0.6) is 11.5 Å². The van der Waals surface area contributed by atoms with Crippen molar-refractivity contribution in [2.45, 2.75) is 19.8 Å². The van der Waals surface area contributed by atoms with Gasteiger partial charge in [0.25, 0.3) is 0 Å². The van der Waals surface area contributed by atoms with Crippen molar-refractivity contribution < 1.29 is 28.1 Å². The Labute approximate surface area is 198 Å². The number of nitrogens with zero attached hydrogens (tertiary/aromatic N) is 2. The summed E-state index contributed by atoms with van der Waals surface area (Å²) in [7, 11) is 2.94. The first-order chi connectivity index (χ1) is 15.7. The molecule has 1 atom stereocenters. The average Bonchev–Trinajstić information content (AvgIpc) is 3.25. The van der Waals surface area contributed by atoms with E-state index in [9.17, 15) is 18.7 Å². The molecule has 3 rings (SSSR count). The van der Waals surface area contributed by atoms with Crippen LogP contribution >= 0.6 is 11.3 Å². The second-order valence-corrected chi connectivity index (χ2v) is 8.73. The third kappa shape index (κ3) is 5.51. The number of ether oxygens (including phenoxy) is 2. The zero-order valence-corrected chi connectivity index (χ0v) is 20.0. The van der Waals surface area contributed by atoms with Gasteiger partial charge in [0.2, 0.25) is 0 Å². The molecule has 0 aliphatic carbocycles. The van der Waals surface area contributed by atoms with Gasteiger partial charge in [0.05, 0.1) is 36.7 Å². The second-order valence-electron chi connectivity index (χ2n) is 7.07. The summed E-state index contributed by atoms with van der Waals surface area (Å²) in [5.74, 6) is 6.13. The van der Waals surface area contributed by atoms with Crippen LogP contribution in [0.25, 0.3) is 0 Å². The van der Waals surface area contributed by atoms with E-state index in [4.69, 9.17) is 9.47 Å². The van der Waals surface area contributed by atoms with Gasteiger partial charge in [-0.1, -0.05) is 19.8 Å². The zero-order valence-electron chi connectivity index (χ0n) is 18.3. The summed E-state index contributed by atoms with van der Waals surface area (Å²) in [6, 6.07) is 9.56. The van der Waals surface area contributed by atoms with E-state index in [-0.39, 0.29) is 28.7 Å². The van der Waals surface area contributed by atoms with Crippen LogP contribution in [0.3, 0.4) is 0 Å². The lowest BCUT2D eigenvalue weighted by Crippen LogP contribution is -2.20. The Morgan fingerprint density at radius 3 is 2.55 bits per heavy atom. The van der Waals surface area contributed by atoms with Crippen LogP contribution in [0.2, 0.25) is 0 Å². The molecule has 1 unspecified atom stereocenters. The zero-order chi connectivity index (χ0) is 24.1. The number of carboxylic acids is 1. The molecule has 0 saturated heterocycles. The normalized spacial score (nSPS) is 11.5. The Hall–Kier alpha value is -3.39. The molecule has 0 bridgehead atoms. The summed E-state index contributed by atoms with van der Waals surface area (Å²) in [6.07, 6.45) is 0. The maximum absolute atomic E-state index is 12.0. The number of rotatable bonds is 7. The number of benzene rings is 2. The van der Waals surface area contributed by atoms with Gasteiger partial charge in [0, 0.05) is 10.9 Å². The van der Waals surface area contributed by atoms with Crippen molar-refractivity contribution in [2.24, 2.45) is 0 Å². The number of carboxylic acid groups (broad SMARTS) is 1. The Kier molecular flexibility index (Phi) is 7.71. The van der Waals surface area contributed by atoms with Gasteiger partial charge in [-0.3, -0.25) is 4.21 Å². The monoisotopic (exact) mass is 485 g/mol. The minimum Gasteiger partial charge on any atom is -0.755 e. The number of anilines is 2. The summed E-state index contributed by atoms with van der Waals surface area (Å²) in [5.41, 5.74) is 1.97. The fraction of sp³-hybridized carbons (Fsp3) is 0.217. The fourth-order valence-corrected chi connectivity index (χ4v) is 4.31. The number of hydrogen-bond donors (Lipinski definition) is 1. The van der Waals surface area contributed by atoms with Gasteiger partial charge in [0.1, 0.15) is 11.5 Å². The highest BCUT2D eigenvalue weighted by Crippen LogP contribution is 2.36. The highest BCUT2D eigenvalue weighted by Gasteiger charge is 2.20. The van der Waals surface area contributed by atoms with E-state index in [0.29, 0.717) is 5.01 Å². The number of aromatic carboxylic acids is 1. The van der Waals surface area contributed by atoms with Crippen molar-refractivity contribution in [2.75, 3.05) is 18.5 Å². The Bertz CT molecular complexity index is 1260. The predicted octanol–water partition coefficient (Wildman–Crippen LogP) is 4.31. The minimum atomic E-state index is -2.74. The van der Waals surface area contributed by atoms with Crippen molar-refractivity contribution in [3.8, 4) is 23.3 Å². The molecule has 1 heterocycles. The van der Waals surface area contributed by atoms with E-state index in [1.807, 2.05) is 18.2 Å². The van der Waals surface area contributed by atoms with E-state index < -0.39 is 17.2 Å². The predicted molar refractivity (Wildman–Crippen MR) is 126 cm³/mol. The number of aromatic nitrogens is 1. The third-order valence-electron chi connectivity index (χ3n) is 4.68. The van der Waals surface area contributed by atoms with Gasteiger partial charge >= 0.3 is 5.97 Å². The summed E-state index contributed by atoms with van der Waals surface area (Å²) in [4.78, 5) is 15.6. The first-order valence-corrected chi connectivity index (χ1v) is 11.6. The SMILES string of the molecule is COc1ccc(C#Cc2nc(N(c3ccc(C(=O)O)cc3OC)S(=O)[O-])cs2)c(C(C)C)c1. The molecule has 0 amide bonds. The van der Waals surface area contributed by atoms with Crippen molar-refractivity contribution >= 4 is 40.1 Å². The van der Waals surface area contributed by atoms with Crippen LogP contribution in [0.4, 0.5) is 11.5 Å². The van der Waals surface area contributed by atoms with Crippen molar-refractivity contribution in [1.29, 1.82) is 0 Å². The first kappa shape index (κ1) is 24.3. The van der Waals surface area contributed by atoms with Crippen molar-refractivity contribution in [3.05, 3.63) is 63.5 Å². The van der Waals surface area contributed by atoms with Crippen molar-refractivity contribution in [3.63, 3.8) is 0 Å². The smallest absolute Gasteiger partial charge is 0.335 e. The van der Waals surface area contributed by atoms with Crippen LogP contribution in [0.1, 0.15) is 46.3 Å². The van der Waals surface area contributed by atoms with Crippen LogP contribution in [0, 0.1) is 11.8 Å². The average molecular weight is 486 g/mol. The van der Waals surface area contributed by atoms with E-state index in [1.54, 1.807) is 12.5 Å². The highest BCUT2D eigenvalue weighted by molar-refractivity contribution is 7.81. The van der Waals surface area contributed by atoms with Crippen LogP contribution in [-0.2, 0) is 11.3 Å². The standard InChI is InChI=1S/C23H22N2O6S2/c1-14(2)18-12-17(30-3)8-5-15(18)7-10-22-24-21(13-32-22)25(33(28)29)19-9-6-16(23(26)27)11-20(19)31-4/h5-6,8-9,11-14H,1-4H3,(H,26,27)(H,28,29)/p-1. The Morgan fingerprint density at radius 2 is 1.94 bits per heavy atom. The summed E-state index contributed by atoms with van der Waals surface area (Å²) < 4.78 is 35.5. The summed E-state index contributed by atoms with van der Waals surface area (Å²) in [5, 5.41) is 11.2. The van der Waals surface area contributed by atoms with Gasteiger partial charge in [-0.15, -0.1) is 11.3 Å². The highest BCUT2D eigenvalue weighted by atomic mass is 32.2. The Balaban J connectivity index is 1.97. The number of hydrogen-bond acceptors (Lipinski definition) is 7. The molecular formula is C23H21N2O6S2-. The van der Waals surface area contributed by atoms with Crippen LogP contribution in [-0.4, -0.2) is 39.0 Å². The van der Waals surface area contributed by atoms with E-state index in [2.05, 4.69) is 30.7 Å². The number of methoxy groups -OCH3 is 2. The molecule has 1 aromatic heterocycles. The van der Waals surface area contributed by atoms with E-state index >= 15 is 0 Å². The van der Waals surface area contributed by atoms with Crippen molar-refractivity contribution in [1.82, 2.24) is 4.98 Å². The molecule has 0 spiro atoms. The van der Waals surface area contributed by atoms with Gasteiger partial charge in [0.15, 0.2) is 10.8 Å². The molecule has 10 heteroatoms. The maximum Gasteiger partial charge on any atom is 0.335 e. The lowest BCUT2D eigenvalue weighted by atomic mass is 9.97. The lowest BCUT2D eigenvalue weighted by molar-refractivity contribution is 0.0696. The molecular weight excluding hydrogens is 464 g/mol. The molecule has 3 aromatic rings. The first-order valence-electron chi connectivity index (χ1n) is 9.71. The molecule has 0 radical (unpaired) electrons. The quantitative estimate of drug-likeness (QED) is 0.392. The lowest BCUT2D eigenvalue weighted by Gasteiger charge is -2.25. The minimum absolute atomic E-state index is 0.0301. The van der Waals surface area contributed by atoms with Crippen LogP contribution < -0.4 is 13.8 Å². The third-order valence-corrected chi connectivity index (χ3v) is 6.11. The molecule has 33 heavy (non-hydrogen) atoms. The molecule has 2 aromatic carbocycles. The number of carbonyl (C=O) groups is 1. The second kappa shape index (κ2) is 10.5. The van der Waals surface area contributed by atoms with Gasteiger partial charge in [-0.2, -0.15) is 0 Å².